The van der Waals surface area contributed by atoms with Crippen LogP contribution >= 0.6 is 24.0 Å². The molecule has 0 radical (unpaired) electrons. The maximum atomic E-state index is 13.6. The van der Waals surface area contributed by atoms with Gasteiger partial charge in [-0.2, -0.15) is 0 Å². The van der Waals surface area contributed by atoms with Gasteiger partial charge >= 0.3 is 0 Å². The van der Waals surface area contributed by atoms with E-state index in [0.29, 0.717) is 5.02 Å². The third-order valence-electron chi connectivity index (χ3n) is 2.55. The fourth-order valence-electron chi connectivity index (χ4n) is 1.63. The molecule has 0 aromatic heterocycles. The zero-order valence-electron chi connectivity index (χ0n) is 10.4. The zero-order valence-corrected chi connectivity index (χ0v) is 12.0. The van der Waals surface area contributed by atoms with Crippen molar-refractivity contribution in [2.45, 2.75) is 6.61 Å². The summed E-state index contributed by atoms with van der Waals surface area (Å²) in [7, 11) is 0. The summed E-state index contributed by atoms with van der Waals surface area (Å²) in [5, 5.41) is 8.01. The molecule has 0 bridgehead atoms. The summed E-state index contributed by atoms with van der Waals surface area (Å²) in [6.45, 7) is 0.251. The average molecular weight is 315 g/mol. The van der Waals surface area contributed by atoms with Crippen LogP contribution in [0.25, 0.3) is 0 Å². The van der Waals surface area contributed by atoms with Crippen molar-refractivity contribution in [3.8, 4) is 5.75 Å². The van der Waals surface area contributed by atoms with Crippen LogP contribution < -0.4 is 10.5 Å². The van der Waals surface area contributed by atoms with Gasteiger partial charge in [-0.1, -0.05) is 29.8 Å². The lowest BCUT2D eigenvalue weighted by atomic mass is 10.1. The molecule has 2 rings (SSSR count). The number of nitrogens with one attached hydrogen (secondary N) is 1. The van der Waals surface area contributed by atoms with Crippen LogP contribution in [0.3, 0.4) is 0 Å². The maximum absolute atomic E-state index is 13.6. The van der Waals surface area contributed by atoms with Crippen molar-refractivity contribution < 1.29 is 9.13 Å². The normalized spacial score (nSPS) is 9.70. The summed E-state index contributed by atoms with van der Waals surface area (Å²) >= 11 is 5.78. The smallest absolute Gasteiger partial charge is 0.137 e. The van der Waals surface area contributed by atoms with Crippen molar-refractivity contribution in [3.05, 3.63) is 64.4 Å². The van der Waals surface area contributed by atoms with Crippen LogP contribution in [-0.4, -0.2) is 5.84 Å². The lowest BCUT2D eigenvalue weighted by Gasteiger charge is -2.11. The molecule has 2 aromatic rings. The van der Waals surface area contributed by atoms with E-state index in [2.05, 4.69) is 0 Å². The lowest BCUT2D eigenvalue weighted by molar-refractivity contribution is 0.304. The Morgan fingerprint density at radius 1 is 1.20 bits per heavy atom. The number of rotatable bonds is 4. The van der Waals surface area contributed by atoms with Crippen LogP contribution in [0.4, 0.5) is 4.39 Å². The molecule has 3 nitrogen and oxygen atoms in total. The molecule has 106 valence electrons. The number of nitrogen functional groups attached to an aromatic ring is 1. The largest absolute Gasteiger partial charge is 0.488 e. The Morgan fingerprint density at radius 3 is 2.45 bits per heavy atom. The minimum atomic E-state index is -0.568. The summed E-state index contributed by atoms with van der Waals surface area (Å²) in [6, 6.07) is 11.5. The first-order valence-electron chi connectivity index (χ1n) is 5.58. The highest BCUT2D eigenvalue weighted by atomic mass is 35.5. The van der Waals surface area contributed by atoms with E-state index in [4.69, 9.17) is 27.5 Å². The molecule has 0 fully saturated rings. The van der Waals surface area contributed by atoms with Gasteiger partial charge in [0.25, 0.3) is 0 Å². The molecule has 0 aliphatic rings. The number of hydrogen-bond donors (Lipinski definition) is 2. The molecule has 0 aliphatic heterocycles. The molecule has 0 unspecified atom stereocenters. The van der Waals surface area contributed by atoms with Crippen molar-refractivity contribution in [1.29, 1.82) is 5.41 Å². The molecule has 0 saturated heterocycles. The van der Waals surface area contributed by atoms with Gasteiger partial charge in [-0.25, -0.2) is 4.39 Å². The molecule has 0 saturated carbocycles. The molecule has 2 aromatic carbocycles. The average Bonchev–Trinajstić information content (AvgIpc) is 2.37. The quantitative estimate of drug-likeness (QED) is 0.666. The monoisotopic (exact) mass is 314 g/mol. The lowest BCUT2D eigenvalue weighted by Crippen LogP contribution is -2.15. The topological polar surface area (TPSA) is 59.1 Å². The van der Waals surface area contributed by atoms with Crippen molar-refractivity contribution in [2.75, 3.05) is 0 Å². The Morgan fingerprint density at radius 2 is 1.85 bits per heavy atom. The van der Waals surface area contributed by atoms with Gasteiger partial charge in [-0.15, -0.1) is 12.4 Å². The molecule has 0 spiro atoms. The molecule has 0 aliphatic carbocycles. The number of benzene rings is 2. The number of hydrogen-bond acceptors (Lipinski definition) is 2. The van der Waals surface area contributed by atoms with E-state index >= 15 is 0 Å². The highest BCUT2D eigenvalue weighted by Gasteiger charge is 2.12. The van der Waals surface area contributed by atoms with Crippen LogP contribution in [0.5, 0.6) is 5.75 Å². The molecule has 3 N–H and O–H groups in total. The van der Waals surface area contributed by atoms with Crippen LogP contribution in [0.2, 0.25) is 5.02 Å². The molecule has 20 heavy (non-hydrogen) atoms. The summed E-state index contributed by atoms with van der Waals surface area (Å²) in [5.74, 6) is -0.673. The van der Waals surface area contributed by atoms with Gasteiger partial charge in [0.15, 0.2) is 0 Å². The Kier molecular flexibility index (Phi) is 5.80. The Labute approximate surface area is 127 Å². The van der Waals surface area contributed by atoms with Gasteiger partial charge in [-0.3, -0.25) is 5.41 Å². The first kappa shape index (κ1) is 16.3. The second-order valence-electron chi connectivity index (χ2n) is 3.94. The standard InChI is InChI=1S/C14H12ClFN2O.ClH/c15-10-6-4-9(5-7-10)8-19-12-3-1-2-11(16)13(12)14(17)18;/h1-7H,8H2,(H3,17,18);1H. The van der Waals surface area contributed by atoms with Crippen LogP contribution in [0, 0.1) is 11.2 Å². The fraction of sp³-hybridized carbons (Fsp3) is 0.0714. The van der Waals surface area contributed by atoms with E-state index < -0.39 is 5.82 Å². The Bertz CT molecular complexity index is 603. The van der Waals surface area contributed by atoms with Gasteiger partial charge in [0.05, 0.1) is 5.56 Å². The van der Waals surface area contributed by atoms with Crippen molar-refractivity contribution in [2.24, 2.45) is 5.73 Å². The zero-order chi connectivity index (χ0) is 13.8. The van der Waals surface area contributed by atoms with Crippen molar-refractivity contribution in [1.82, 2.24) is 0 Å². The van der Waals surface area contributed by atoms with E-state index in [9.17, 15) is 4.39 Å². The third kappa shape index (κ3) is 3.85. The van der Waals surface area contributed by atoms with Crippen molar-refractivity contribution >= 4 is 29.8 Å². The van der Waals surface area contributed by atoms with Gasteiger partial charge in [0, 0.05) is 5.02 Å². The fourth-order valence-corrected chi connectivity index (χ4v) is 1.75. The molecule has 6 heteroatoms. The number of amidine groups is 1. The summed E-state index contributed by atoms with van der Waals surface area (Å²) in [5.41, 5.74) is 6.22. The van der Waals surface area contributed by atoms with Gasteiger partial charge in [0.1, 0.15) is 24.0 Å². The third-order valence-corrected chi connectivity index (χ3v) is 2.80. The Balaban J connectivity index is 0.00000200. The van der Waals surface area contributed by atoms with Gasteiger partial charge in [-0.05, 0) is 29.8 Å². The van der Waals surface area contributed by atoms with Crippen LogP contribution in [-0.2, 0) is 6.61 Å². The summed E-state index contributed by atoms with van der Waals surface area (Å²) in [4.78, 5) is 0. The van der Waals surface area contributed by atoms with E-state index in [1.54, 1.807) is 18.2 Å². The first-order valence-corrected chi connectivity index (χ1v) is 5.96. The molecule has 0 atom stereocenters. The molecular formula is C14H13Cl2FN2O. The minimum absolute atomic E-state index is 0. The predicted molar refractivity (Wildman–Crippen MR) is 80.4 cm³/mol. The van der Waals surface area contributed by atoms with Crippen LogP contribution in [0.1, 0.15) is 11.1 Å². The van der Waals surface area contributed by atoms with E-state index in [1.165, 1.54) is 12.1 Å². The van der Waals surface area contributed by atoms with E-state index in [0.717, 1.165) is 5.56 Å². The van der Waals surface area contributed by atoms with Crippen molar-refractivity contribution in [3.63, 3.8) is 0 Å². The second-order valence-corrected chi connectivity index (χ2v) is 4.38. The highest BCUT2D eigenvalue weighted by molar-refractivity contribution is 6.30. The van der Waals surface area contributed by atoms with E-state index in [-0.39, 0.29) is 36.2 Å². The van der Waals surface area contributed by atoms with Gasteiger partial charge in [0.2, 0.25) is 0 Å². The van der Waals surface area contributed by atoms with Crippen LogP contribution in [0.15, 0.2) is 42.5 Å². The number of halogens is 3. The minimum Gasteiger partial charge on any atom is -0.488 e. The second kappa shape index (κ2) is 7.12. The summed E-state index contributed by atoms with van der Waals surface area (Å²) < 4.78 is 19.1. The maximum Gasteiger partial charge on any atom is 0.137 e. The van der Waals surface area contributed by atoms with E-state index in [1.807, 2.05) is 12.1 Å². The predicted octanol–water partition coefficient (Wildman–Crippen LogP) is 3.76. The Hall–Kier alpha value is -1.78. The number of nitrogens with two attached hydrogens (primary N) is 1. The molecular weight excluding hydrogens is 302 g/mol. The summed E-state index contributed by atoms with van der Waals surface area (Å²) in [6.07, 6.45) is 0. The molecule has 0 amide bonds. The first-order chi connectivity index (χ1) is 9.08. The highest BCUT2D eigenvalue weighted by Crippen LogP contribution is 2.22. The molecule has 0 heterocycles. The van der Waals surface area contributed by atoms with Gasteiger partial charge < -0.3 is 10.5 Å². The number of ether oxygens (including phenoxy) is 1. The SMILES string of the molecule is Cl.N=C(N)c1c(F)cccc1OCc1ccc(Cl)cc1.